The highest BCUT2D eigenvalue weighted by atomic mass is 16.5. The Kier molecular flexibility index (Phi) is 8.01. The first-order valence-electron chi connectivity index (χ1n) is 14.3. The van der Waals surface area contributed by atoms with Gasteiger partial charge in [0.15, 0.2) is 0 Å². The Morgan fingerprint density at radius 2 is 1.32 bits per heavy atom. The molecule has 0 saturated carbocycles. The number of piperidine rings is 1. The highest BCUT2D eigenvalue weighted by Gasteiger charge is 2.57. The molecule has 0 bridgehead atoms. The number of benzene rings is 3. The zero-order chi connectivity index (χ0) is 26.6. The van der Waals surface area contributed by atoms with Gasteiger partial charge in [-0.2, -0.15) is 0 Å². The third kappa shape index (κ3) is 4.81. The minimum atomic E-state index is -0.681. The molecule has 0 aromatic heterocycles. The maximum absolute atomic E-state index is 14.4. The topological polar surface area (TPSA) is 32.8 Å². The summed E-state index contributed by atoms with van der Waals surface area (Å²) in [5.74, 6) is 0.389. The number of ether oxygens (including phenoxy) is 1. The summed E-state index contributed by atoms with van der Waals surface area (Å²) in [6, 6.07) is 31.9. The van der Waals surface area contributed by atoms with Crippen LogP contribution in [0.1, 0.15) is 56.7 Å². The minimum Gasteiger partial charge on any atom is -0.370 e. The first-order valence-corrected chi connectivity index (χ1v) is 14.3. The van der Waals surface area contributed by atoms with E-state index in [2.05, 4.69) is 109 Å². The first kappa shape index (κ1) is 26.6. The van der Waals surface area contributed by atoms with Gasteiger partial charge in [0.2, 0.25) is 5.91 Å². The van der Waals surface area contributed by atoms with Gasteiger partial charge in [-0.15, -0.1) is 0 Å². The van der Waals surface area contributed by atoms with Crippen molar-refractivity contribution in [2.75, 3.05) is 32.8 Å². The maximum atomic E-state index is 14.4. The van der Waals surface area contributed by atoms with E-state index in [9.17, 15) is 4.79 Å². The van der Waals surface area contributed by atoms with Crippen LogP contribution >= 0.6 is 0 Å². The van der Waals surface area contributed by atoms with E-state index < -0.39 is 5.41 Å². The molecule has 4 nitrogen and oxygen atoms in total. The van der Waals surface area contributed by atoms with Crippen LogP contribution in [0.3, 0.4) is 0 Å². The third-order valence-electron chi connectivity index (χ3n) is 8.73. The van der Waals surface area contributed by atoms with Gasteiger partial charge in [-0.3, -0.25) is 4.79 Å². The van der Waals surface area contributed by atoms with E-state index in [1.54, 1.807) is 0 Å². The summed E-state index contributed by atoms with van der Waals surface area (Å²) in [7, 11) is 0. The average molecular weight is 511 g/mol. The van der Waals surface area contributed by atoms with Gasteiger partial charge in [-0.1, -0.05) is 97.9 Å². The van der Waals surface area contributed by atoms with Gasteiger partial charge in [0.05, 0.1) is 5.60 Å². The molecule has 2 heterocycles. The summed E-state index contributed by atoms with van der Waals surface area (Å²) in [6.45, 7) is 10.8. The fourth-order valence-electron chi connectivity index (χ4n) is 6.75. The number of carbonyl (C=O) groups excluding carboxylic acids is 1. The van der Waals surface area contributed by atoms with Crippen molar-refractivity contribution in [1.82, 2.24) is 9.80 Å². The fraction of sp³-hybridized carbons (Fsp3) is 0.441. The Morgan fingerprint density at radius 1 is 0.816 bits per heavy atom. The third-order valence-corrected chi connectivity index (χ3v) is 8.73. The summed E-state index contributed by atoms with van der Waals surface area (Å²) < 4.78 is 6.58. The van der Waals surface area contributed by atoms with Crippen molar-refractivity contribution in [3.8, 4) is 0 Å². The zero-order valence-electron chi connectivity index (χ0n) is 23.2. The van der Waals surface area contributed by atoms with Crippen LogP contribution in [-0.2, 0) is 20.5 Å². The molecule has 0 radical (unpaired) electrons. The van der Waals surface area contributed by atoms with Crippen LogP contribution in [0.2, 0.25) is 0 Å². The van der Waals surface area contributed by atoms with E-state index in [-0.39, 0.29) is 23.5 Å². The second-order valence-electron chi connectivity index (χ2n) is 11.3. The molecule has 2 saturated heterocycles. The Balaban J connectivity index is 1.46. The molecule has 3 aromatic rings. The number of carbonyl (C=O) groups is 1. The van der Waals surface area contributed by atoms with Gasteiger partial charge >= 0.3 is 0 Å². The smallest absolute Gasteiger partial charge is 0.238 e. The number of rotatable bonds is 9. The lowest BCUT2D eigenvalue weighted by molar-refractivity contribution is -0.133. The molecule has 2 aliphatic heterocycles. The standard InChI is InChI=1S/C34H42N2O2/c1-4-24-38-33(28-14-8-5-9-15-28)20-22-35(23-21-33)25-31-26-36(27(2)3)32(37)34(31,29-16-10-6-11-17-29)30-18-12-7-13-19-30/h5-19,27,31H,4,20-26H2,1-3H3. The monoisotopic (exact) mass is 510 g/mol. The maximum Gasteiger partial charge on any atom is 0.238 e. The summed E-state index contributed by atoms with van der Waals surface area (Å²) >= 11 is 0. The normalized spacial score (nSPS) is 21.2. The average Bonchev–Trinajstić information content (AvgIpc) is 3.26. The highest BCUT2D eigenvalue weighted by molar-refractivity contribution is 5.95. The summed E-state index contributed by atoms with van der Waals surface area (Å²) in [6.07, 6.45) is 2.95. The second kappa shape index (κ2) is 11.4. The molecule has 0 spiro atoms. The van der Waals surface area contributed by atoms with Gasteiger partial charge in [0.1, 0.15) is 5.41 Å². The molecular formula is C34H42N2O2. The Morgan fingerprint density at radius 3 is 1.79 bits per heavy atom. The van der Waals surface area contributed by atoms with Crippen LogP contribution in [0.5, 0.6) is 0 Å². The van der Waals surface area contributed by atoms with Crippen LogP contribution in [0.4, 0.5) is 0 Å². The van der Waals surface area contributed by atoms with E-state index in [1.807, 2.05) is 12.1 Å². The lowest BCUT2D eigenvalue weighted by Crippen LogP contribution is -2.49. The molecule has 3 aromatic carbocycles. The molecule has 1 atom stereocenters. The Labute approximate surface area is 228 Å². The molecular weight excluding hydrogens is 468 g/mol. The molecule has 1 amide bonds. The summed E-state index contributed by atoms with van der Waals surface area (Å²) in [5, 5.41) is 0. The minimum absolute atomic E-state index is 0.156. The van der Waals surface area contributed by atoms with Crippen LogP contribution in [0.15, 0.2) is 91.0 Å². The molecule has 0 N–H and O–H groups in total. The molecule has 38 heavy (non-hydrogen) atoms. The van der Waals surface area contributed by atoms with Gasteiger partial charge in [-0.05, 0) is 49.8 Å². The lowest BCUT2D eigenvalue weighted by atomic mass is 9.67. The van der Waals surface area contributed by atoms with Crippen molar-refractivity contribution >= 4 is 5.91 Å². The molecule has 1 unspecified atom stereocenters. The van der Waals surface area contributed by atoms with E-state index in [4.69, 9.17) is 4.74 Å². The molecule has 4 heteroatoms. The molecule has 2 fully saturated rings. The number of likely N-dealkylation sites (tertiary alicyclic amines) is 2. The molecule has 2 aliphatic rings. The lowest BCUT2D eigenvalue weighted by Gasteiger charge is -2.44. The number of hydrogen-bond acceptors (Lipinski definition) is 3. The van der Waals surface area contributed by atoms with Crippen LogP contribution < -0.4 is 0 Å². The van der Waals surface area contributed by atoms with Crippen molar-refractivity contribution < 1.29 is 9.53 Å². The SMILES string of the molecule is CCCOC1(c2ccccc2)CCN(CC2CN(C(C)C)C(=O)C2(c2ccccc2)c2ccccc2)CC1. The largest absolute Gasteiger partial charge is 0.370 e. The van der Waals surface area contributed by atoms with E-state index in [0.717, 1.165) is 63.2 Å². The number of nitrogens with zero attached hydrogens (tertiary/aromatic N) is 2. The van der Waals surface area contributed by atoms with E-state index in [1.165, 1.54) is 5.56 Å². The van der Waals surface area contributed by atoms with Gasteiger partial charge in [0, 0.05) is 44.7 Å². The Bertz CT molecular complexity index is 1130. The highest BCUT2D eigenvalue weighted by Crippen LogP contribution is 2.47. The fourth-order valence-corrected chi connectivity index (χ4v) is 6.75. The first-order chi connectivity index (χ1) is 18.5. The molecule has 0 aliphatic carbocycles. The van der Waals surface area contributed by atoms with Crippen molar-refractivity contribution in [1.29, 1.82) is 0 Å². The second-order valence-corrected chi connectivity index (χ2v) is 11.3. The van der Waals surface area contributed by atoms with E-state index in [0.29, 0.717) is 0 Å². The van der Waals surface area contributed by atoms with Crippen molar-refractivity contribution in [3.63, 3.8) is 0 Å². The van der Waals surface area contributed by atoms with Crippen molar-refractivity contribution in [2.24, 2.45) is 5.92 Å². The predicted molar refractivity (Wildman–Crippen MR) is 154 cm³/mol. The summed E-state index contributed by atoms with van der Waals surface area (Å²) in [4.78, 5) is 19.1. The van der Waals surface area contributed by atoms with E-state index >= 15 is 0 Å². The summed E-state index contributed by atoms with van der Waals surface area (Å²) in [5.41, 5.74) is 2.59. The zero-order valence-corrected chi connectivity index (χ0v) is 23.2. The van der Waals surface area contributed by atoms with Crippen LogP contribution in [-0.4, -0.2) is 54.5 Å². The molecule has 5 rings (SSSR count). The van der Waals surface area contributed by atoms with Gasteiger partial charge in [0.25, 0.3) is 0 Å². The quantitative estimate of drug-likeness (QED) is 0.341. The predicted octanol–water partition coefficient (Wildman–Crippen LogP) is 6.26. The number of hydrogen-bond donors (Lipinski definition) is 0. The molecule has 200 valence electrons. The number of amides is 1. The van der Waals surface area contributed by atoms with Crippen LogP contribution in [0, 0.1) is 5.92 Å². The van der Waals surface area contributed by atoms with Crippen molar-refractivity contribution in [2.45, 2.75) is 57.1 Å². The van der Waals surface area contributed by atoms with Gasteiger partial charge < -0.3 is 14.5 Å². The Hall–Kier alpha value is -2.95. The van der Waals surface area contributed by atoms with Crippen molar-refractivity contribution in [3.05, 3.63) is 108 Å². The van der Waals surface area contributed by atoms with Crippen LogP contribution in [0.25, 0.3) is 0 Å². The van der Waals surface area contributed by atoms with Gasteiger partial charge in [-0.25, -0.2) is 0 Å².